The number of pyridine rings is 1. The van der Waals surface area contributed by atoms with Crippen LogP contribution in [0.5, 0.6) is 5.75 Å². The number of amides is 2. The summed E-state index contributed by atoms with van der Waals surface area (Å²) < 4.78 is 5.13. The highest BCUT2D eigenvalue weighted by Gasteiger charge is 2.17. The van der Waals surface area contributed by atoms with E-state index in [-0.39, 0.29) is 6.03 Å². The Morgan fingerprint density at radius 3 is 2.50 bits per heavy atom. The van der Waals surface area contributed by atoms with Crippen molar-refractivity contribution in [3.63, 3.8) is 0 Å². The van der Waals surface area contributed by atoms with Gasteiger partial charge in [0.25, 0.3) is 0 Å². The first kappa shape index (κ1) is 17.9. The van der Waals surface area contributed by atoms with E-state index in [1.54, 1.807) is 49.8 Å². The number of nitrogens with zero attached hydrogens (tertiary/aromatic N) is 1. The molecule has 0 aliphatic heterocycles. The lowest BCUT2D eigenvalue weighted by molar-refractivity contribution is 0.262. The van der Waals surface area contributed by atoms with Crippen molar-refractivity contribution < 1.29 is 9.53 Å². The van der Waals surface area contributed by atoms with Crippen molar-refractivity contribution in [1.82, 2.24) is 9.97 Å². The van der Waals surface area contributed by atoms with Crippen LogP contribution in [0.15, 0.2) is 67.0 Å². The molecule has 2 aromatic heterocycles. The molecule has 0 aliphatic rings. The van der Waals surface area contributed by atoms with Gasteiger partial charge in [-0.15, -0.1) is 0 Å². The molecule has 7 heteroatoms. The van der Waals surface area contributed by atoms with Crippen molar-refractivity contribution in [1.29, 1.82) is 0 Å². The highest BCUT2D eigenvalue weighted by Crippen LogP contribution is 2.37. The number of anilines is 2. The number of aromatic nitrogens is 2. The Bertz CT molecular complexity index is 1120. The minimum atomic E-state index is -0.360. The number of ether oxygens (including phenoxy) is 1. The van der Waals surface area contributed by atoms with Crippen LogP contribution in [-0.2, 0) is 0 Å². The summed E-state index contributed by atoms with van der Waals surface area (Å²) in [5, 5.41) is 7.17. The van der Waals surface area contributed by atoms with E-state index in [1.165, 1.54) is 0 Å². The maximum atomic E-state index is 12.6. The predicted octanol–water partition coefficient (Wildman–Crippen LogP) is 5.54. The number of carbonyl (C=O) groups excluding carboxylic acids is 1. The SMILES string of the molecule is COc1ccc(NC(=O)Nc2c(-c3ccncc3)[nH]c3c(Cl)cccc23)cc1. The lowest BCUT2D eigenvalue weighted by atomic mass is 10.1. The van der Waals surface area contributed by atoms with Crippen LogP contribution in [-0.4, -0.2) is 23.1 Å². The number of para-hydroxylation sites is 1. The van der Waals surface area contributed by atoms with Crippen LogP contribution >= 0.6 is 11.6 Å². The Morgan fingerprint density at radius 1 is 1.04 bits per heavy atom. The highest BCUT2D eigenvalue weighted by atomic mass is 35.5. The zero-order chi connectivity index (χ0) is 19.5. The summed E-state index contributed by atoms with van der Waals surface area (Å²) in [6.45, 7) is 0. The minimum absolute atomic E-state index is 0.360. The van der Waals surface area contributed by atoms with Crippen LogP contribution in [0.25, 0.3) is 22.2 Å². The molecular weight excluding hydrogens is 376 g/mol. The molecule has 0 spiro atoms. The number of H-pyrrole nitrogens is 1. The second-order valence-electron chi connectivity index (χ2n) is 6.08. The number of fused-ring (bicyclic) bond motifs is 1. The molecule has 6 nitrogen and oxygen atoms in total. The fraction of sp³-hybridized carbons (Fsp3) is 0.0476. The van der Waals surface area contributed by atoms with Crippen molar-refractivity contribution in [2.75, 3.05) is 17.7 Å². The van der Waals surface area contributed by atoms with Gasteiger partial charge in [0.1, 0.15) is 5.75 Å². The van der Waals surface area contributed by atoms with Crippen molar-refractivity contribution in [2.45, 2.75) is 0 Å². The molecule has 2 amide bonds. The molecule has 0 fully saturated rings. The molecule has 4 rings (SSSR count). The van der Waals surface area contributed by atoms with Gasteiger partial charge in [0.15, 0.2) is 0 Å². The number of rotatable bonds is 4. The van der Waals surface area contributed by atoms with E-state index in [0.717, 1.165) is 27.9 Å². The second-order valence-corrected chi connectivity index (χ2v) is 6.49. The number of hydrogen-bond donors (Lipinski definition) is 3. The molecule has 140 valence electrons. The smallest absolute Gasteiger partial charge is 0.323 e. The van der Waals surface area contributed by atoms with Gasteiger partial charge in [-0.25, -0.2) is 4.79 Å². The van der Waals surface area contributed by atoms with Gasteiger partial charge in [-0.05, 0) is 42.5 Å². The van der Waals surface area contributed by atoms with Crippen LogP contribution < -0.4 is 15.4 Å². The van der Waals surface area contributed by atoms with Crippen molar-refractivity contribution >= 4 is 39.9 Å². The third-order valence-electron chi connectivity index (χ3n) is 4.34. The van der Waals surface area contributed by atoms with Crippen molar-refractivity contribution in [3.05, 3.63) is 72.0 Å². The van der Waals surface area contributed by atoms with Gasteiger partial charge in [-0.1, -0.05) is 23.7 Å². The molecular formula is C21H17ClN4O2. The molecule has 28 heavy (non-hydrogen) atoms. The van der Waals surface area contributed by atoms with Gasteiger partial charge < -0.3 is 20.4 Å². The number of carbonyl (C=O) groups is 1. The Kier molecular flexibility index (Phi) is 4.87. The largest absolute Gasteiger partial charge is 0.497 e. The Balaban J connectivity index is 1.68. The summed E-state index contributed by atoms with van der Waals surface area (Å²) >= 11 is 6.34. The highest BCUT2D eigenvalue weighted by molar-refractivity contribution is 6.36. The average molecular weight is 393 g/mol. The number of aromatic amines is 1. The maximum Gasteiger partial charge on any atom is 0.323 e. The maximum absolute atomic E-state index is 12.6. The van der Waals surface area contributed by atoms with Crippen LogP contribution in [0.1, 0.15) is 0 Å². The van der Waals surface area contributed by atoms with Crippen LogP contribution in [0.3, 0.4) is 0 Å². The number of urea groups is 1. The fourth-order valence-electron chi connectivity index (χ4n) is 3.00. The van der Waals surface area contributed by atoms with E-state index in [4.69, 9.17) is 16.3 Å². The predicted molar refractivity (Wildman–Crippen MR) is 112 cm³/mol. The molecule has 3 N–H and O–H groups in total. The summed E-state index contributed by atoms with van der Waals surface area (Å²) in [6.07, 6.45) is 3.40. The van der Waals surface area contributed by atoms with Crippen LogP contribution in [0.4, 0.5) is 16.2 Å². The first-order valence-electron chi connectivity index (χ1n) is 8.58. The number of nitrogens with one attached hydrogen (secondary N) is 3. The molecule has 0 saturated heterocycles. The molecule has 2 heterocycles. The minimum Gasteiger partial charge on any atom is -0.497 e. The summed E-state index contributed by atoms with van der Waals surface area (Å²) in [7, 11) is 1.60. The van der Waals surface area contributed by atoms with E-state index in [9.17, 15) is 4.79 Å². The van der Waals surface area contributed by atoms with Crippen molar-refractivity contribution in [3.8, 4) is 17.0 Å². The molecule has 0 radical (unpaired) electrons. The topological polar surface area (TPSA) is 79.0 Å². The van der Waals surface area contributed by atoms with E-state index in [2.05, 4.69) is 20.6 Å². The zero-order valence-electron chi connectivity index (χ0n) is 15.0. The normalized spacial score (nSPS) is 10.6. The fourth-order valence-corrected chi connectivity index (χ4v) is 3.22. The third kappa shape index (κ3) is 3.50. The van der Waals surface area contributed by atoms with Crippen LogP contribution in [0.2, 0.25) is 5.02 Å². The number of benzene rings is 2. The van der Waals surface area contributed by atoms with Gasteiger partial charge >= 0.3 is 6.03 Å². The van der Waals surface area contributed by atoms with Gasteiger partial charge in [0, 0.05) is 29.0 Å². The monoisotopic (exact) mass is 392 g/mol. The van der Waals surface area contributed by atoms with E-state index >= 15 is 0 Å². The van der Waals surface area contributed by atoms with Gasteiger partial charge in [-0.3, -0.25) is 4.98 Å². The molecule has 0 unspecified atom stereocenters. The Morgan fingerprint density at radius 2 is 1.79 bits per heavy atom. The first-order valence-corrected chi connectivity index (χ1v) is 8.96. The molecule has 0 atom stereocenters. The lowest BCUT2D eigenvalue weighted by Crippen LogP contribution is -2.19. The molecule has 0 aliphatic carbocycles. The van der Waals surface area contributed by atoms with E-state index in [1.807, 2.05) is 24.3 Å². The standard InChI is InChI=1S/C21H17ClN4O2/c1-28-15-7-5-14(6-8-15)24-21(27)26-20-16-3-2-4-17(22)19(16)25-18(20)13-9-11-23-12-10-13/h2-12,25H,1H3,(H2,24,26,27). The summed E-state index contributed by atoms with van der Waals surface area (Å²) in [6, 6.07) is 16.0. The number of hydrogen-bond acceptors (Lipinski definition) is 3. The van der Waals surface area contributed by atoms with Crippen molar-refractivity contribution in [2.24, 2.45) is 0 Å². The summed E-state index contributed by atoms with van der Waals surface area (Å²) in [5.74, 6) is 0.720. The average Bonchev–Trinajstić information content (AvgIpc) is 3.09. The quantitative estimate of drug-likeness (QED) is 0.427. The van der Waals surface area contributed by atoms with E-state index < -0.39 is 0 Å². The van der Waals surface area contributed by atoms with Crippen LogP contribution in [0, 0.1) is 0 Å². The Labute approximate surface area is 166 Å². The third-order valence-corrected chi connectivity index (χ3v) is 4.65. The molecule has 2 aromatic carbocycles. The summed E-state index contributed by atoms with van der Waals surface area (Å²) in [5.41, 5.74) is 3.71. The van der Waals surface area contributed by atoms with Gasteiger partial charge in [0.2, 0.25) is 0 Å². The molecule has 0 saturated carbocycles. The Hall–Kier alpha value is -3.51. The van der Waals surface area contributed by atoms with E-state index in [0.29, 0.717) is 16.4 Å². The molecule has 0 bridgehead atoms. The number of halogens is 1. The van der Waals surface area contributed by atoms with Gasteiger partial charge in [0.05, 0.1) is 29.0 Å². The second kappa shape index (κ2) is 7.62. The van der Waals surface area contributed by atoms with Gasteiger partial charge in [-0.2, -0.15) is 0 Å². The lowest BCUT2D eigenvalue weighted by Gasteiger charge is -2.10. The first-order chi connectivity index (χ1) is 13.7. The summed E-state index contributed by atoms with van der Waals surface area (Å²) in [4.78, 5) is 20.0. The zero-order valence-corrected chi connectivity index (χ0v) is 15.7. The number of methoxy groups -OCH3 is 1. The molecule has 4 aromatic rings.